The summed E-state index contributed by atoms with van der Waals surface area (Å²) in [6.45, 7) is 2.09. The second kappa shape index (κ2) is 10.5. The number of rotatable bonds is 7. The van der Waals surface area contributed by atoms with E-state index >= 15 is 0 Å². The summed E-state index contributed by atoms with van der Waals surface area (Å²) in [5, 5.41) is 4.89. The van der Waals surface area contributed by atoms with E-state index in [1.807, 2.05) is 13.0 Å². The van der Waals surface area contributed by atoms with E-state index in [0.717, 1.165) is 4.47 Å². The van der Waals surface area contributed by atoms with Crippen molar-refractivity contribution in [2.75, 3.05) is 7.11 Å². The van der Waals surface area contributed by atoms with E-state index in [1.54, 1.807) is 42.6 Å². The molecule has 0 radical (unpaired) electrons. The van der Waals surface area contributed by atoms with Crippen molar-refractivity contribution in [1.29, 1.82) is 0 Å². The molecule has 0 saturated carbocycles. The van der Waals surface area contributed by atoms with Crippen molar-refractivity contribution in [3.8, 4) is 11.5 Å². The highest BCUT2D eigenvalue weighted by molar-refractivity contribution is 9.10. The normalized spacial score (nSPS) is 11.3. The van der Waals surface area contributed by atoms with Crippen LogP contribution in [0.15, 0.2) is 73.4 Å². The Morgan fingerprint density at radius 2 is 1.97 bits per heavy atom. The molecule has 9 heteroatoms. The predicted molar refractivity (Wildman–Crippen MR) is 137 cm³/mol. The first-order chi connectivity index (χ1) is 16.4. The van der Waals surface area contributed by atoms with Crippen LogP contribution in [-0.4, -0.2) is 23.0 Å². The summed E-state index contributed by atoms with van der Waals surface area (Å²) < 4.78 is 27.6. The Morgan fingerprint density at radius 3 is 2.71 bits per heavy atom. The predicted octanol–water partition coefficient (Wildman–Crippen LogP) is 6.09. The molecule has 0 amide bonds. The monoisotopic (exact) mass is 587 g/mol. The van der Waals surface area contributed by atoms with E-state index in [0.29, 0.717) is 50.2 Å². The van der Waals surface area contributed by atoms with E-state index in [-0.39, 0.29) is 18.0 Å². The quantitative estimate of drug-likeness (QED) is 0.245. The Labute approximate surface area is 212 Å². The molecule has 6 nitrogen and oxygen atoms in total. The van der Waals surface area contributed by atoms with Crippen molar-refractivity contribution in [1.82, 2.24) is 9.66 Å². The minimum Gasteiger partial charge on any atom is -0.493 e. The molecule has 0 N–H and O–H groups in total. The van der Waals surface area contributed by atoms with Crippen LogP contribution in [0.2, 0.25) is 0 Å². The summed E-state index contributed by atoms with van der Waals surface area (Å²) in [6, 6.07) is 15.2. The fourth-order valence-electron chi connectivity index (χ4n) is 3.40. The molecular formula is C25H20Br2FN3O3. The van der Waals surface area contributed by atoms with Crippen molar-refractivity contribution in [2.45, 2.75) is 20.0 Å². The number of halogens is 3. The lowest BCUT2D eigenvalue weighted by Gasteiger charge is -2.14. The zero-order valence-electron chi connectivity index (χ0n) is 18.4. The van der Waals surface area contributed by atoms with E-state index in [2.05, 4.69) is 41.9 Å². The average molecular weight is 589 g/mol. The maximum Gasteiger partial charge on any atom is 0.282 e. The molecule has 1 aromatic heterocycles. The lowest BCUT2D eigenvalue weighted by atomic mass is 10.2. The summed E-state index contributed by atoms with van der Waals surface area (Å²) in [5.41, 5.74) is 1.76. The molecule has 0 fully saturated rings. The van der Waals surface area contributed by atoms with Crippen LogP contribution in [0.25, 0.3) is 10.9 Å². The maximum atomic E-state index is 13.4. The molecule has 0 aliphatic carbocycles. The molecular weight excluding hydrogens is 569 g/mol. The number of nitrogens with zero attached hydrogens (tertiary/aromatic N) is 3. The average Bonchev–Trinajstić information content (AvgIpc) is 2.82. The third-order valence-electron chi connectivity index (χ3n) is 5.04. The highest BCUT2D eigenvalue weighted by Crippen LogP contribution is 2.37. The smallest absolute Gasteiger partial charge is 0.282 e. The number of methoxy groups -OCH3 is 1. The Balaban J connectivity index is 1.66. The maximum absolute atomic E-state index is 13.4. The molecule has 4 aromatic rings. The van der Waals surface area contributed by atoms with Gasteiger partial charge < -0.3 is 9.47 Å². The van der Waals surface area contributed by atoms with Gasteiger partial charge in [0.1, 0.15) is 18.2 Å². The number of fused-ring (bicyclic) bond motifs is 1. The number of hydrogen-bond donors (Lipinski definition) is 0. The number of aromatic nitrogens is 2. The van der Waals surface area contributed by atoms with E-state index in [4.69, 9.17) is 9.47 Å². The molecule has 3 aromatic carbocycles. The van der Waals surface area contributed by atoms with Gasteiger partial charge in [0.2, 0.25) is 0 Å². The molecule has 0 aliphatic heterocycles. The Kier molecular flexibility index (Phi) is 7.43. The summed E-state index contributed by atoms with van der Waals surface area (Å²) in [6.07, 6.45) is 2.11. The SMILES string of the molecule is CCc1nc2ccc(Br)cc2c(=O)n1N=Cc1cc(Br)c(OCc2cccc(F)c2)c(OC)c1. The number of ether oxygens (including phenoxy) is 2. The second-order valence-electron chi connectivity index (χ2n) is 7.36. The van der Waals surface area contributed by atoms with Gasteiger partial charge in [-0.3, -0.25) is 4.79 Å². The zero-order valence-corrected chi connectivity index (χ0v) is 21.6. The Morgan fingerprint density at radius 1 is 1.15 bits per heavy atom. The first-order valence-corrected chi connectivity index (χ1v) is 12.0. The van der Waals surface area contributed by atoms with Crippen LogP contribution in [0.4, 0.5) is 4.39 Å². The van der Waals surface area contributed by atoms with Gasteiger partial charge in [0, 0.05) is 10.9 Å². The first kappa shape index (κ1) is 24.1. The van der Waals surface area contributed by atoms with Gasteiger partial charge >= 0.3 is 0 Å². The van der Waals surface area contributed by atoms with Crippen LogP contribution >= 0.6 is 31.9 Å². The second-order valence-corrected chi connectivity index (χ2v) is 9.13. The minimum atomic E-state index is -0.323. The Bertz CT molecular complexity index is 1450. The topological polar surface area (TPSA) is 65.7 Å². The van der Waals surface area contributed by atoms with Gasteiger partial charge in [-0.15, -0.1) is 0 Å². The third kappa shape index (κ3) is 5.20. The van der Waals surface area contributed by atoms with Crippen LogP contribution in [-0.2, 0) is 13.0 Å². The van der Waals surface area contributed by atoms with Crippen molar-refractivity contribution in [3.63, 3.8) is 0 Å². The highest BCUT2D eigenvalue weighted by Gasteiger charge is 2.13. The van der Waals surface area contributed by atoms with Gasteiger partial charge in [0.25, 0.3) is 5.56 Å². The molecule has 34 heavy (non-hydrogen) atoms. The van der Waals surface area contributed by atoms with Gasteiger partial charge in [-0.25, -0.2) is 9.37 Å². The standard InChI is InChI=1S/C25H20Br2FN3O3/c1-3-23-30-21-8-7-17(26)12-19(21)25(32)31(23)29-13-16-10-20(27)24(22(11-16)33-2)34-14-15-5-4-6-18(28)9-15/h4-13H,3,14H2,1-2H3. The lowest BCUT2D eigenvalue weighted by Crippen LogP contribution is -2.22. The van der Waals surface area contributed by atoms with Gasteiger partial charge in [-0.2, -0.15) is 9.78 Å². The molecule has 0 bridgehead atoms. The summed E-state index contributed by atoms with van der Waals surface area (Å²) in [4.78, 5) is 17.7. The molecule has 0 saturated heterocycles. The largest absolute Gasteiger partial charge is 0.493 e. The number of aryl methyl sites for hydroxylation is 1. The van der Waals surface area contributed by atoms with E-state index < -0.39 is 0 Å². The Hall–Kier alpha value is -3.04. The van der Waals surface area contributed by atoms with Gasteiger partial charge in [0.15, 0.2) is 11.5 Å². The number of benzene rings is 3. The van der Waals surface area contributed by atoms with Crippen molar-refractivity contribution < 1.29 is 13.9 Å². The number of hydrogen-bond acceptors (Lipinski definition) is 5. The molecule has 0 aliphatic rings. The molecule has 0 spiro atoms. The fraction of sp³-hybridized carbons (Fsp3) is 0.160. The van der Waals surface area contributed by atoms with E-state index in [9.17, 15) is 9.18 Å². The van der Waals surface area contributed by atoms with Crippen molar-refractivity contribution in [3.05, 3.63) is 96.7 Å². The van der Waals surface area contributed by atoms with Crippen LogP contribution in [0.1, 0.15) is 23.9 Å². The van der Waals surface area contributed by atoms with Gasteiger partial charge in [0.05, 0.1) is 28.7 Å². The highest BCUT2D eigenvalue weighted by atomic mass is 79.9. The minimum absolute atomic E-state index is 0.174. The molecule has 174 valence electrons. The first-order valence-electron chi connectivity index (χ1n) is 10.4. The summed E-state index contributed by atoms with van der Waals surface area (Å²) in [7, 11) is 1.53. The third-order valence-corrected chi connectivity index (χ3v) is 6.12. The molecule has 1 heterocycles. The van der Waals surface area contributed by atoms with Crippen LogP contribution in [0.3, 0.4) is 0 Å². The molecule has 0 unspecified atom stereocenters. The molecule has 0 atom stereocenters. The van der Waals surface area contributed by atoms with Crippen molar-refractivity contribution in [2.24, 2.45) is 5.10 Å². The van der Waals surface area contributed by atoms with Gasteiger partial charge in [-0.05, 0) is 69.5 Å². The lowest BCUT2D eigenvalue weighted by molar-refractivity contribution is 0.282. The summed E-state index contributed by atoms with van der Waals surface area (Å²) in [5.74, 6) is 1.18. The zero-order chi connectivity index (χ0) is 24.2. The van der Waals surface area contributed by atoms with Crippen LogP contribution in [0, 0.1) is 5.82 Å². The van der Waals surface area contributed by atoms with Gasteiger partial charge in [-0.1, -0.05) is 35.0 Å². The van der Waals surface area contributed by atoms with Crippen LogP contribution in [0.5, 0.6) is 11.5 Å². The fourth-order valence-corrected chi connectivity index (χ4v) is 4.34. The van der Waals surface area contributed by atoms with Crippen molar-refractivity contribution >= 4 is 49.0 Å². The van der Waals surface area contributed by atoms with Crippen LogP contribution < -0.4 is 15.0 Å². The van der Waals surface area contributed by atoms with E-state index in [1.165, 1.54) is 23.9 Å². The summed E-state index contributed by atoms with van der Waals surface area (Å²) >= 11 is 6.91. The molecule has 4 rings (SSSR count).